The Morgan fingerprint density at radius 3 is 0.957 bits per heavy atom. The van der Waals surface area contributed by atoms with Crippen LogP contribution in [0, 0.1) is 13.8 Å². The lowest BCUT2D eigenvalue weighted by Crippen LogP contribution is -1.98. The second kappa shape index (κ2) is 15.4. The van der Waals surface area contributed by atoms with Crippen LogP contribution in [0.15, 0.2) is 206 Å². The molecule has 330 valence electrons. The molecule has 12 aromatic carbocycles. The molecule has 14 rings (SSSR count). The number of aryl methyl sites for hydroxylation is 2. The van der Waals surface area contributed by atoms with Crippen LogP contribution in [-0.4, -0.2) is 14.2 Å². The van der Waals surface area contributed by atoms with E-state index in [1.807, 2.05) is 0 Å². The van der Waals surface area contributed by atoms with Crippen molar-refractivity contribution in [2.45, 2.75) is 13.8 Å². The summed E-state index contributed by atoms with van der Waals surface area (Å²) in [6.45, 7) is 4.34. The quantitative estimate of drug-likeness (QED) is 0.159. The van der Waals surface area contributed by atoms with Crippen LogP contribution in [0.4, 0.5) is 0 Å². The zero-order valence-corrected chi connectivity index (χ0v) is 39.4. The molecule has 0 amide bonds. The van der Waals surface area contributed by atoms with Gasteiger partial charge in [0.15, 0.2) is 0 Å². The Labute approximate surface area is 407 Å². The van der Waals surface area contributed by atoms with Gasteiger partial charge in [-0.3, -0.25) is 0 Å². The third kappa shape index (κ3) is 5.62. The van der Waals surface area contributed by atoms with Crippen LogP contribution in [0.5, 0.6) is 11.5 Å². The number of hydrogen-bond acceptors (Lipinski definition) is 2. The molecule has 2 nitrogen and oxygen atoms in total. The normalized spacial score (nSPS) is 12.0. The first-order valence-electron chi connectivity index (χ1n) is 24.2. The van der Waals surface area contributed by atoms with Crippen molar-refractivity contribution in [3.05, 3.63) is 217 Å². The van der Waals surface area contributed by atoms with E-state index in [9.17, 15) is 0 Å². The molecule has 0 aromatic heterocycles. The molecular formula is C68H46O2. The Kier molecular flexibility index (Phi) is 8.88. The molecule has 2 aliphatic carbocycles. The van der Waals surface area contributed by atoms with Crippen LogP contribution in [0.25, 0.3) is 143 Å². The highest BCUT2D eigenvalue weighted by Crippen LogP contribution is 2.62. The lowest BCUT2D eigenvalue weighted by atomic mass is 9.82. The average Bonchev–Trinajstić information content (AvgIpc) is 3.92. The first-order valence-corrected chi connectivity index (χ1v) is 24.2. The number of ether oxygens (including phenoxy) is 2. The minimum absolute atomic E-state index is 0.816. The van der Waals surface area contributed by atoms with Crippen molar-refractivity contribution in [1.82, 2.24) is 0 Å². The van der Waals surface area contributed by atoms with E-state index in [4.69, 9.17) is 9.47 Å². The van der Waals surface area contributed by atoms with Crippen molar-refractivity contribution in [2.24, 2.45) is 0 Å². The third-order valence-electron chi connectivity index (χ3n) is 15.3. The Morgan fingerprint density at radius 1 is 0.229 bits per heavy atom. The summed E-state index contributed by atoms with van der Waals surface area (Å²) in [6, 6.07) is 76.5. The van der Waals surface area contributed by atoms with E-state index >= 15 is 0 Å². The smallest absolute Gasteiger partial charge is 0.127 e. The number of methoxy groups -OCH3 is 2. The van der Waals surface area contributed by atoms with Crippen LogP contribution >= 0.6 is 0 Å². The maximum atomic E-state index is 6.30. The first kappa shape index (κ1) is 40.4. The van der Waals surface area contributed by atoms with Gasteiger partial charge in [-0.05, 0) is 147 Å². The minimum atomic E-state index is 0.816. The molecule has 70 heavy (non-hydrogen) atoms. The van der Waals surface area contributed by atoms with Crippen molar-refractivity contribution >= 4 is 43.1 Å². The molecule has 0 spiro atoms. The molecule has 0 atom stereocenters. The molecule has 0 unspecified atom stereocenters. The van der Waals surface area contributed by atoms with Crippen LogP contribution in [-0.2, 0) is 0 Å². The van der Waals surface area contributed by atoms with Crippen LogP contribution < -0.4 is 9.47 Å². The maximum Gasteiger partial charge on any atom is 0.127 e. The number of hydrogen-bond donors (Lipinski definition) is 0. The van der Waals surface area contributed by atoms with E-state index in [1.54, 1.807) is 14.2 Å². The van der Waals surface area contributed by atoms with Gasteiger partial charge in [-0.25, -0.2) is 0 Å². The number of benzene rings is 12. The van der Waals surface area contributed by atoms with Gasteiger partial charge in [-0.2, -0.15) is 0 Å². The first-order chi connectivity index (χ1) is 34.5. The van der Waals surface area contributed by atoms with Gasteiger partial charge >= 0.3 is 0 Å². The number of rotatable bonds is 7. The van der Waals surface area contributed by atoms with Gasteiger partial charge < -0.3 is 9.47 Å². The predicted molar refractivity (Wildman–Crippen MR) is 295 cm³/mol. The fourth-order valence-corrected chi connectivity index (χ4v) is 12.4. The lowest BCUT2D eigenvalue weighted by Gasteiger charge is -2.23. The van der Waals surface area contributed by atoms with Crippen molar-refractivity contribution in [1.29, 1.82) is 0 Å². The Bertz CT molecular complexity index is 3970. The molecule has 0 N–H and O–H groups in total. The third-order valence-corrected chi connectivity index (χ3v) is 15.3. The second-order valence-electron chi connectivity index (χ2n) is 19.0. The number of fused-ring (bicyclic) bond motifs is 8. The molecule has 0 radical (unpaired) electrons. The Balaban J connectivity index is 1.08. The van der Waals surface area contributed by atoms with Gasteiger partial charge in [0, 0.05) is 21.9 Å². The van der Waals surface area contributed by atoms with Gasteiger partial charge in [0.25, 0.3) is 0 Å². The molecule has 0 bridgehead atoms. The van der Waals surface area contributed by atoms with Gasteiger partial charge in [0.1, 0.15) is 11.5 Å². The summed E-state index contributed by atoms with van der Waals surface area (Å²) in [5.74, 6) is 1.63. The van der Waals surface area contributed by atoms with Gasteiger partial charge in [0.05, 0.1) is 14.2 Å². The van der Waals surface area contributed by atoms with Crippen molar-refractivity contribution in [2.75, 3.05) is 14.2 Å². The van der Waals surface area contributed by atoms with Gasteiger partial charge in [-0.1, -0.05) is 205 Å². The van der Waals surface area contributed by atoms with Crippen LogP contribution in [0.3, 0.4) is 0 Å². The molecule has 2 heteroatoms. The fourth-order valence-electron chi connectivity index (χ4n) is 12.4. The zero-order valence-electron chi connectivity index (χ0n) is 39.4. The fraction of sp³-hybridized carbons (Fsp3) is 0.0588. The average molecular weight is 895 g/mol. The molecule has 0 saturated carbocycles. The van der Waals surface area contributed by atoms with Crippen LogP contribution in [0.2, 0.25) is 0 Å². The highest BCUT2D eigenvalue weighted by Gasteiger charge is 2.35. The maximum absolute atomic E-state index is 6.30. The highest BCUT2D eigenvalue weighted by atomic mass is 16.5. The van der Waals surface area contributed by atoms with E-state index in [2.05, 4.69) is 220 Å². The summed E-state index contributed by atoms with van der Waals surface area (Å²) >= 11 is 0. The summed E-state index contributed by atoms with van der Waals surface area (Å²) in [5.41, 5.74) is 24.7. The van der Waals surface area contributed by atoms with E-state index in [0.29, 0.717) is 0 Å². The zero-order chi connectivity index (χ0) is 46.8. The minimum Gasteiger partial charge on any atom is -0.496 e. The second-order valence-corrected chi connectivity index (χ2v) is 19.0. The summed E-state index contributed by atoms with van der Waals surface area (Å²) in [6.07, 6.45) is 0. The van der Waals surface area contributed by atoms with Crippen molar-refractivity contribution < 1.29 is 9.47 Å². The molecule has 0 aliphatic heterocycles. The summed E-state index contributed by atoms with van der Waals surface area (Å²) in [4.78, 5) is 0. The van der Waals surface area contributed by atoms with Gasteiger partial charge in [0.2, 0.25) is 0 Å². The van der Waals surface area contributed by atoms with E-state index < -0.39 is 0 Å². The van der Waals surface area contributed by atoms with E-state index in [-0.39, 0.29) is 0 Å². The largest absolute Gasteiger partial charge is 0.496 e. The van der Waals surface area contributed by atoms with E-state index in [0.717, 1.165) is 44.5 Å². The molecule has 0 saturated heterocycles. The molecule has 0 heterocycles. The van der Waals surface area contributed by atoms with Crippen LogP contribution in [0.1, 0.15) is 11.1 Å². The summed E-state index contributed by atoms with van der Waals surface area (Å²) < 4.78 is 12.6. The monoisotopic (exact) mass is 894 g/mol. The van der Waals surface area contributed by atoms with E-state index in [1.165, 1.54) is 121 Å². The lowest BCUT2D eigenvalue weighted by molar-refractivity contribution is 0.410. The Hall–Kier alpha value is -8.72. The molecule has 12 aromatic rings. The van der Waals surface area contributed by atoms with Gasteiger partial charge in [-0.15, -0.1) is 0 Å². The Morgan fingerprint density at radius 2 is 0.557 bits per heavy atom. The predicted octanol–water partition coefficient (Wildman–Crippen LogP) is 18.6. The molecular weight excluding hydrogens is 849 g/mol. The SMILES string of the molecule is COc1ccc(OC)c2c(-c3ccccc3)c3c(c(-c4ccccc4)c12)-c1cccc2c(-c4ccc5c6c(cccc46)-c4c-5c(-c5ccc(C)cc5)c5ccccc5c4-c4ccc(C)cc4)ccc-3c12. The standard InChI is InChI=1S/C68H46O2/c1-39-25-29-43(30-26-39)57-49-19-11-12-20-50(49)58(44-31-27-40(2)28-32-44)64-53-35-33-45(47-21-13-23-51(61(47)53)63(57)64)46-34-36-54-62-48(46)22-14-24-52(62)65-59(41-15-7-5-8-16-41)67-55(69-3)37-38-56(70-4)68(67)60(66(54)65)42-17-9-6-10-18-42/h5-38H,1-4H3. The summed E-state index contributed by atoms with van der Waals surface area (Å²) in [7, 11) is 3.55. The molecule has 0 fully saturated rings. The van der Waals surface area contributed by atoms with Crippen molar-refractivity contribution in [3.8, 4) is 112 Å². The van der Waals surface area contributed by atoms with Crippen molar-refractivity contribution in [3.63, 3.8) is 0 Å². The summed E-state index contributed by atoms with van der Waals surface area (Å²) in [5, 5.41) is 9.69. The topological polar surface area (TPSA) is 18.5 Å². The highest BCUT2D eigenvalue weighted by molar-refractivity contribution is 6.32. The molecule has 2 aliphatic rings.